The number of aromatic nitrogens is 1. The molecule has 1 aromatic rings. The molecule has 0 radical (unpaired) electrons. The van der Waals surface area contributed by atoms with E-state index in [1.165, 1.54) is 0 Å². The van der Waals surface area contributed by atoms with Crippen molar-refractivity contribution in [3.05, 3.63) is 17.0 Å². The van der Waals surface area contributed by atoms with Gasteiger partial charge >= 0.3 is 0 Å². The molecule has 0 unspecified atom stereocenters. The standard InChI is InChI=1S/C10H16N2O2/c1-5-6(2)11-10(13)9-7(3)12-14-8(9)4/h6H,5H2,1-4H3,(H,11,13)/t6-/m1/s1. The van der Waals surface area contributed by atoms with E-state index in [9.17, 15) is 4.79 Å². The molecule has 0 spiro atoms. The van der Waals surface area contributed by atoms with Crippen molar-refractivity contribution in [2.75, 3.05) is 0 Å². The van der Waals surface area contributed by atoms with Crippen molar-refractivity contribution in [1.82, 2.24) is 10.5 Å². The van der Waals surface area contributed by atoms with Gasteiger partial charge in [-0.3, -0.25) is 4.79 Å². The number of amides is 1. The molecule has 1 aromatic heterocycles. The molecule has 1 amide bonds. The molecule has 1 rings (SSSR count). The van der Waals surface area contributed by atoms with Crippen molar-refractivity contribution in [1.29, 1.82) is 0 Å². The minimum atomic E-state index is -0.101. The summed E-state index contributed by atoms with van der Waals surface area (Å²) in [5.74, 6) is 0.471. The van der Waals surface area contributed by atoms with E-state index in [1.807, 2.05) is 13.8 Å². The average molecular weight is 196 g/mol. The van der Waals surface area contributed by atoms with Crippen molar-refractivity contribution in [2.24, 2.45) is 0 Å². The van der Waals surface area contributed by atoms with Crippen LogP contribution in [0.3, 0.4) is 0 Å². The lowest BCUT2D eigenvalue weighted by atomic mass is 10.1. The Bertz CT molecular complexity index is 311. The highest BCUT2D eigenvalue weighted by Gasteiger charge is 2.18. The summed E-state index contributed by atoms with van der Waals surface area (Å²) < 4.78 is 4.92. The first-order chi connectivity index (χ1) is 6.56. The second-order valence-electron chi connectivity index (χ2n) is 3.48. The second-order valence-corrected chi connectivity index (χ2v) is 3.48. The van der Waals surface area contributed by atoms with Crippen LogP contribution in [-0.4, -0.2) is 17.1 Å². The van der Waals surface area contributed by atoms with Gasteiger partial charge in [0.05, 0.1) is 5.69 Å². The number of hydrogen-bond donors (Lipinski definition) is 1. The summed E-state index contributed by atoms with van der Waals surface area (Å²) in [6.07, 6.45) is 0.912. The number of nitrogens with one attached hydrogen (secondary N) is 1. The third kappa shape index (κ3) is 2.13. The van der Waals surface area contributed by atoms with Crippen LogP contribution in [0.5, 0.6) is 0 Å². The smallest absolute Gasteiger partial charge is 0.256 e. The number of aryl methyl sites for hydroxylation is 2. The van der Waals surface area contributed by atoms with E-state index >= 15 is 0 Å². The lowest BCUT2D eigenvalue weighted by Crippen LogP contribution is -2.32. The summed E-state index contributed by atoms with van der Waals surface area (Å²) in [6.45, 7) is 7.50. The van der Waals surface area contributed by atoms with Gasteiger partial charge in [0.2, 0.25) is 0 Å². The van der Waals surface area contributed by atoms with Crippen LogP contribution in [0, 0.1) is 13.8 Å². The van der Waals surface area contributed by atoms with Crippen molar-refractivity contribution >= 4 is 5.91 Å². The molecule has 4 nitrogen and oxygen atoms in total. The van der Waals surface area contributed by atoms with E-state index in [-0.39, 0.29) is 11.9 Å². The molecule has 4 heteroatoms. The molecule has 0 aliphatic carbocycles. The molecular formula is C10H16N2O2. The fraction of sp³-hybridized carbons (Fsp3) is 0.600. The van der Waals surface area contributed by atoms with Crippen molar-refractivity contribution in [3.63, 3.8) is 0 Å². The Morgan fingerprint density at radius 3 is 2.64 bits per heavy atom. The van der Waals surface area contributed by atoms with E-state index in [0.29, 0.717) is 17.0 Å². The van der Waals surface area contributed by atoms with Crippen molar-refractivity contribution < 1.29 is 9.32 Å². The van der Waals surface area contributed by atoms with Crippen LogP contribution >= 0.6 is 0 Å². The molecule has 14 heavy (non-hydrogen) atoms. The first-order valence-electron chi connectivity index (χ1n) is 4.80. The monoisotopic (exact) mass is 196 g/mol. The fourth-order valence-corrected chi connectivity index (χ4v) is 1.21. The first kappa shape index (κ1) is 10.8. The zero-order valence-corrected chi connectivity index (χ0v) is 9.05. The predicted molar refractivity (Wildman–Crippen MR) is 53.2 cm³/mol. The Kier molecular flexibility index (Phi) is 3.28. The highest BCUT2D eigenvalue weighted by molar-refractivity contribution is 5.96. The zero-order chi connectivity index (χ0) is 10.7. The highest BCUT2D eigenvalue weighted by atomic mass is 16.5. The van der Waals surface area contributed by atoms with E-state index in [4.69, 9.17) is 4.52 Å². The highest BCUT2D eigenvalue weighted by Crippen LogP contribution is 2.12. The summed E-state index contributed by atoms with van der Waals surface area (Å²) in [5.41, 5.74) is 1.20. The average Bonchev–Trinajstić information content (AvgIpc) is 2.46. The third-order valence-corrected chi connectivity index (χ3v) is 2.25. The van der Waals surface area contributed by atoms with Crippen molar-refractivity contribution in [3.8, 4) is 0 Å². The third-order valence-electron chi connectivity index (χ3n) is 2.25. The molecule has 1 heterocycles. The Balaban J connectivity index is 2.79. The topological polar surface area (TPSA) is 55.1 Å². The molecule has 0 aromatic carbocycles. The first-order valence-corrected chi connectivity index (χ1v) is 4.80. The fourth-order valence-electron chi connectivity index (χ4n) is 1.21. The van der Waals surface area contributed by atoms with Crippen LogP contribution in [0.4, 0.5) is 0 Å². The lowest BCUT2D eigenvalue weighted by molar-refractivity contribution is 0.0937. The maximum Gasteiger partial charge on any atom is 0.256 e. The Labute approximate surface area is 83.7 Å². The van der Waals surface area contributed by atoms with E-state index in [2.05, 4.69) is 10.5 Å². The summed E-state index contributed by atoms with van der Waals surface area (Å²) >= 11 is 0. The molecule has 0 fully saturated rings. The summed E-state index contributed by atoms with van der Waals surface area (Å²) in [6, 6.07) is 0.177. The largest absolute Gasteiger partial charge is 0.361 e. The normalized spacial score (nSPS) is 12.6. The SMILES string of the molecule is CC[C@@H](C)NC(=O)c1c(C)noc1C. The number of carbonyl (C=O) groups excluding carboxylic acids is 1. The molecule has 0 saturated carbocycles. The van der Waals surface area contributed by atoms with Gasteiger partial charge in [-0.25, -0.2) is 0 Å². The maximum absolute atomic E-state index is 11.7. The number of rotatable bonds is 3. The van der Waals surface area contributed by atoms with Gasteiger partial charge in [-0.1, -0.05) is 12.1 Å². The molecule has 1 atom stereocenters. The maximum atomic E-state index is 11.7. The van der Waals surface area contributed by atoms with Gasteiger partial charge in [0.25, 0.3) is 5.91 Å². The van der Waals surface area contributed by atoms with E-state index in [0.717, 1.165) is 6.42 Å². The summed E-state index contributed by atoms with van der Waals surface area (Å²) in [7, 11) is 0. The molecule has 0 saturated heterocycles. The molecule has 1 N–H and O–H groups in total. The van der Waals surface area contributed by atoms with Gasteiger partial charge in [-0.15, -0.1) is 0 Å². The number of carbonyl (C=O) groups is 1. The Hall–Kier alpha value is -1.32. The van der Waals surface area contributed by atoms with Crippen LogP contribution in [0.15, 0.2) is 4.52 Å². The second kappa shape index (κ2) is 4.26. The minimum Gasteiger partial charge on any atom is -0.361 e. The van der Waals surface area contributed by atoms with Gasteiger partial charge in [0.15, 0.2) is 0 Å². The van der Waals surface area contributed by atoms with Gasteiger partial charge in [-0.2, -0.15) is 0 Å². The van der Waals surface area contributed by atoms with Crippen LogP contribution in [-0.2, 0) is 0 Å². The molecular weight excluding hydrogens is 180 g/mol. The number of nitrogens with zero attached hydrogens (tertiary/aromatic N) is 1. The van der Waals surface area contributed by atoms with Gasteiger partial charge in [0, 0.05) is 6.04 Å². The minimum absolute atomic E-state index is 0.101. The van der Waals surface area contributed by atoms with Gasteiger partial charge in [-0.05, 0) is 27.2 Å². The van der Waals surface area contributed by atoms with E-state index in [1.54, 1.807) is 13.8 Å². The summed E-state index contributed by atoms with van der Waals surface area (Å²) in [5, 5.41) is 6.61. The van der Waals surface area contributed by atoms with Crippen LogP contribution in [0.25, 0.3) is 0 Å². The quantitative estimate of drug-likeness (QED) is 0.802. The molecule has 0 aliphatic heterocycles. The molecule has 78 valence electrons. The van der Waals surface area contributed by atoms with E-state index < -0.39 is 0 Å². The number of hydrogen-bond acceptors (Lipinski definition) is 3. The Morgan fingerprint density at radius 2 is 2.21 bits per heavy atom. The van der Waals surface area contributed by atoms with Crippen LogP contribution in [0.1, 0.15) is 42.1 Å². The lowest BCUT2D eigenvalue weighted by Gasteiger charge is -2.10. The summed E-state index contributed by atoms with van der Waals surface area (Å²) in [4.78, 5) is 11.7. The Morgan fingerprint density at radius 1 is 1.57 bits per heavy atom. The van der Waals surface area contributed by atoms with Crippen LogP contribution < -0.4 is 5.32 Å². The molecule has 0 bridgehead atoms. The van der Waals surface area contributed by atoms with Gasteiger partial charge < -0.3 is 9.84 Å². The predicted octanol–water partition coefficient (Wildman–Crippen LogP) is 1.82. The van der Waals surface area contributed by atoms with Gasteiger partial charge in [0.1, 0.15) is 11.3 Å². The molecule has 0 aliphatic rings. The zero-order valence-electron chi connectivity index (χ0n) is 9.05. The van der Waals surface area contributed by atoms with Crippen LogP contribution in [0.2, 0.25) is 0 Å². The van der Waals surface area contributed by atoms with Crippen molar-refractivity contribution in [2.45, 2.75) is 40.2 Å².